The molecule has 0 N–H and O–H groups in total. The molecule has 1 aliphatic heterocycles. The van der Waals surface area contributed by atoms with E-state index in [0.717, 1.165) is 0 Å². The van der Waals surface area contributed by atoms with Gasteiger partial charge in [0, 0.05) is 6.42 Å². The van der Waals surface area contributed by atoms with Crippen LogP contribution < -0.4 is 0 Å². The second-order valence-corrected chi connectivity index (χ2v) is 5.02. The molecule has 0 bridgehead atoms. The van der Waals surface area contributed by atoms with Gasteiger partial charge in [0.15, 0.2) is 6.23 Å². The summed E-state index contributed by atoms with van der Waals surface area (Å²) in [7, 11) is 0. The first-order chi connectivity index (χ1) is 10.1. The smallest absolute Gasteiger partial charge is 0.421 e. The minimum atomic E-state index is -4.95. The molecule has 1 fully saturated rings. The molecule has 0 radical (unpaired) electrons. The molecular weight excluding hydrogens is 303 g/mol. The van der Waals surface area contributed by atoms with E-state index in [1.807, 2.05) is 0 Å². The number of halogens is 3. The lowest BCUT2D eigenvalue weighted by atomic mass is 9.71. The van der Waals surface area contributed by atoms with Crippen LogP contribution in [0, 0.1) is 5.41 Å². The predicted molar refractivity (Wildman–Crippen MR) is 70.2 cm³/mol. The summed E-state index contributed by atoms with van der Waals surface area (Å²) in [6.45, 7) is 7.49. The topological polar surface area (TPSA) is 63.7 Å². The summed E-state index contributed by atoms with van der Waals surface area (Å²) in [6.07, 6.45) is -5.81. The molecule has 1 saturated heterocycles. The van der Waals surface area contributed by atoms with E-state index in [1.54, 1.807) is 13.8 Å². The van der Waals surface area contributed by atoms with Crippen molar-refractivity contribution in [2.45, 2.75) is 52.4 Å². The Morgan fingerprint density at radius 2 is 1.77 bits per heavy atom. The molecule has 1 rings (SSSR count). The lowest BCUT2D eigenvalue weighted by molar-refractivity contribution is -0.222. The zero-order valence-corrected chi connectivity index (χ0v) is 12.6. The van der Waals surface area contributed by atoms with Gasteiger partial charge in [-0.15, -0.1) is 0 Å². The van der Waals surface area contributed by atoms with Gasteiger partial charge in [0.25, 0.3) is 5.91 Å². The zero-order valence-electron chi connectivity index (χ0n) is 12.6. The first kappa shape index (κ1) is 18.2. The monoisotopic (exact) mass is 321 g/mol. The average Bonchev–Trinajstić information content (AvgIpc) is 2.46. The zero-order chi connectivity index (χ0) is 17.3. The summed E-state index contributed by atoms with van der Waals surface area (Å²) in [5.74, 6) is -3.05. The van der Waals surface area contributed by atoms with Gasteiger partial charge in [-0.05, 0) is 12.8 Å². The Morgan fingerprint density at radius 1 is 1.27 bits per heavy atom. The molecule has 5 nitrogen and oxygen atoms in total. The first-order valence-corrected chi connectivity index (χ1v) is 6.90. The van der Waals surface area contributed by atoms with E-state index in [-0.39, 0.29) is 19.3 Å². The van der Waals surface area contributed by atoms with Crippen molar-refractivity contribution < 1.29 is 32.3 Å². The Hall–Kier alpha value is -1.86. The van der Waals surface area contributed by atoms with E-state index in [1.165, 1.54) is 6.92 Å². The SMILES string of the molecule is C=C(C(=O)N1C(=O)C(CC)(CC)C1OC(=O)CC)C(F)(F)F. The number of esters is 1. The highest BCUT2D eigenvalue weighted by molar-refractivity contribution is 6.10. The molecule has 124 valence electrons. The number of nitrogens with zero attached hydrogens (tertiary/aromatic N) is 1. The van der Waals surface area contributed by atoms with Crippen molar-refractivity contribution in [1.29, 1.82) is 0 Å². The summed E-state index contributed by atoms with van der Waals surface area (Å²) in [4.78, 5) is 35.9. The maximum atomic E-state index is 12.6. The van der Waals surface area contributed by atoms with Gasteiger partial charge in [0.05, 0.1) is 0 Å². The number of ether oxygens (including phenoxy) is 1. The van der Waals surface area contributed by atoms with Crippen LogP contribution in [0.1, 0.15) is 40.0 Å². The number of imide groups is 1. The molecule has 1 heterocycles. The predicted octanol–water partition coefficient (Wildman–Crippen LogP) is 2.56. The average molecular weight is 321 g/mol. The molecule has 0 aromatic rings. The number of amides is 2. The second-order valence-electron chi connectivity index (χ2n) is 5.02. The molecule has 2 amide bonds. The lowest BCUT2D eigenvalue weighted by Crippen LogP contribution is -2.72. The Labute approximate surface area is 126 Å². The molecule has 1 aliphatic rings. The number of carbonyl (C=O) groups is 3. The van der Waals surface area contributed by atoms with Crippen molar-refractivity contribution in [2.24, 2.45) is 5.41 Å². The van der Waals surface area contributed by atoms with E-state index < -0.39 is 41.2 Å². The fraction of sp³-hybridized carbons (Fsp3) is 0.643. The largest absolute Gasteiger partial charge is 0.440 e. The van der Waals surface area contributed by atoms with Crippen LogP contribution in [-0.4, -0.2) is 35.1 Å². The van der Waals surface area contributed by atoms with Gasteiger partial charge in [-0.3, -0.25) is 14.4 Å². The number of likely N-dealkylation sites (tertiary alicyclic amines) is 1. The quantitative estimate of drug-likeness (QED) is 0.443. The van der Waals surface area contributed by atoms with Gasteiger partial charge in [0.1, 0.15) is 11.0 Å². The van der Waals surface area contributed by atoms with E-state index >= 15 is 0 Å². The number of carbonyl (C=O) groups excluding carboxylic acids is 3. The minimum Gasteiger partial charge on any atom is -0.440 e. The molecular formula is C14H18F3NO4. The van der Waals surface area contributed by atoms with Gasteiger partial charge in [0.2, 0.25) is 5.91 Å². The highest BCUT2D eigenvalue weighted by atomic mass is 19.4. The third-order valence-corrected chi connectivity index (χ3v) is 3.96. The van der Waals surface area contributed by atoms with Crippen LogP contribution in [0.2, 0.25) is 0 Å². The summed E-state index contributed by atoms with van der Waals surface area (Å²) in [6, 6.07) is 0. The van der Waals surface area contributed by atoms with Crippen molar-refractivity contribution in [2.75, 3.05) is 0 Å². The van der Waals surface area contributed by atoms with Crippen LogP contribution in [0.3, 0.4) is 0 Å². The van der Waals surface area contributed by atoms with E-state index in [4.69, 9.17) is 4.74 Å². The van der Waals surface area contributed by atoms with Crippen LogP contribution in [0.15, 0.2) is 12.2 Å². The molecule has 0 aromatic heterocycles. The normalized spacial score (nSPS) is 20.4. The molecule has 1 atom stereocenters. The summed E-state index contributed by atoms with van der Waals surface area (Å²) in [5, 5.41) is 0. The highest BCUT2D eigenvalue weighted by Gasteiger charge is 2.64. The van der Waals surface area contributed by atoms with Crippen molar-refractivity contribution >= 4 is 17.8 Å². The number of β-lactam (4-membered cyclic amide) rings is 1. The highest BCUT2D eigenvalue weighted by Crippen LogP contribution is 2.47. The fourth-order valence-electron chi connectivity index (χ4n) is 2.37. The summed E-state index contributed by atoms with van der Waals surface area (Å²) in [5.41, 5.74) is -2.83. The van der Waals surface area contributed by atoms with E-state index in [2.05, 4.69) is 6.58 Å². The first-order valence-electron chi connectivity index (χ1n) is 6.90. The molecule has 22 heavy (non-hydrogen) atoms. The van der Waals surface area contributed by atoms with Gasteiger partial charge in [-0.2, -0.15) is 13.2 Å². The van der Waals surface area contributed by atoms with Crippen LogP contribution in [-0.2, 0) is 19.1 Å². The molecule has 0 saturated carbocycles. The Morgan fingerprint density at radius 3 is 2.14 bits per heavy atom. The van der Waals surface area contributed by atoms with Crippen LogP contribution in [0.5, 0.6) is 0 Å². The van der Waals surface area contributed by atoms with Gasteiger partial charge in [-0.1, -0.05) is 27.4 Å². The number of hydrogen-bond acceptors (Lipinski definition) is 4. The molecule has 1 unspecified atom stereocenters. The Bertz CT molecular complexity index is 509. The number of rotatable bonds is 5. The van der Waals surface area contributed by atoms with Crippen molar-refractivity contribution in [1.82, 2.24) is 4.90 Å². The van der Waals surface area contributed by atoms with E-state index in [0.29, 0.717) is 4.90 Å². The van der Waals surface area contributed by atoms with Gasteiger partial charge < -0.3 is 4.74 Å². The third kappa shape index (κ3) is 2.74. The lowest BCUT2D eigenvalue weighted by Gasteiger charge is -2.53. The van der Waals surface area contributed by atoms with Gasteiger partial charge in [-0.25, -0.2) is 4.90 Å². The van der Waals surface area contributed by atoms with Crippen LogP contribution in [0.25, 0.3) is 0 Å². The van der Waals surface area contributed by atoms with E-state index in [9.17, 15) is 27.6 Å². The molecule has 8 heteroatoms. The summed E-state index contributed by atoms with van der Waals surface area (Å²) < 4.78 is 42.8. The van der Waals surface area contributed by atoms with Crippen LogP contribution in [0.4, 0.5) is 13.2 Å². The maximum absolute atomic E-state index is 12.6. The van der Waals surface area contributed by atoms with Crippen LogP contribution >= 0.6 is 0 Å². The standard InChI is InChI=1S/C14H18F3NO4/c1-5-9(19)22-12-13(6-2,7-3)11(21)18(12)10(20)8(4)14(15,16)17/h12H,4-7H2,1-3H3. The molecule has 0 spiro atoms. The molecule has 0 aromatic carbocycles. The Kier molecular flexibility index (Phi) is 5.04. The number of hydrogen-bond donors (Lipinski definition) is 0. The molecule has 0 aliphatic carbocycles. The van der Waals surface area contributed by atoms with Crippen molar-refractivity contribution in [3.63, 3.8) is 0 Å². The summed E-state index contributed by atoms with van der Waals surface area (Å²) >= 11 is 0. The van der Waals surface area contributed by atoms with Gasteiger partial charge >= 0.3 is 12.1 Å². The fourth-order valence-corrected chi connectivity index (χ4v) is 2.37. The van der Waals surface area contributed by atoms with Crippen molar-refractivity contribution in [3.05, 3.63) is 12.2 Å². The minimum absolute atomic E-state index is 0.0174. The number of alkyl halides is 3. The maximum Gasteiger partial charge on any atom is 0.421 e. The third-order valence-electron chi connectivity index (χ3n) is 3.96. The van der Waals surface area contributed by atoms with Crippen molar-refractivity contribution in [3.8, 4) is 0 Å². The second kappa shape index (κ2) is 6.10. The Balaban J connectivity index is 3.13.